The molecule has 0 aliphatic rings. The molecule has 0 aliphatic heterocycles. The molecule has 4 heteroatoms. The molecule has 1 aromatic carbocycles. The second-order valence-corrected chi connectivity index (χ2v) is 4.27. The van der Waals surface area contributed by atoms with Crippen molar-refractivity contribution in [3.05, 3.63) is 54.4 Å². The Morgan fingerprint density at radius 3 is 2.63 bits per heavy atom. The van der Waals surface area contributed by atoms with Gasteiger partial charge in [-0.1, -0.05) is 12.1 Å². The highest BCUT2D eigenvalue weighted by atomic mass is 16.1. The Hall–Kier alpha value is -2.49. The van der Waals surface area contributed by atoms with E-state index in [2.05, 4.69) is 15.3 Å². The Labute approximate surface area is 112 Å². The Morgan fingerprint density at radius 2 is 1.95 bits per heavy atom. The SMILES string of the molecule is CC(C)=Nc1ccccc1C(=O)Nc1cccnc1. The van der Waals surface area contributed by atoms with Gasteiger partial charge >= 0.3 is 0 Å². The summed E-state index contributed by atoms with van der Waals surface area (Å²) in [6.07, 6.45) is 3.27. The van der Waals surface area contributed by atoms with Gasteiger partial charge in [0.2, 0.25) is 0 Å². The molecule has 4 nitrogen and oxygen atoms in total. The average Bonchev–Trinajstić information content (AvgIpc) is 2.39. The van der Waals surface area contributed by atoms with Crippen LogP contribution in [-0.4, -0.2) is 16.6 Å². The number of rotatable bonds is 3. The van der Waals surface area contributed by atoms with Gasteiger partial charge in [-0.15, -0.1) is 0 Å². The van der Waals surface area contributed by atoms with E-state index in [0.29, 0.717) is 16.9 Å². The Kier molecular flexibility index (Phi) is 4.03. The molecule has 0 spiro atoms. The van der Waals surface area contributed by atoms with Crippen LogP contribution in [0.2, 0.25) is 0 Å². The lowest BCUT2D eigenvalue weighted by atomic mass is 10.1. The highest BCUT2D eigenvalue weighted by molar-refractivity contribution is 6.08. The van der Waals surface area contributed by atoms with Crippen molar-refractivity contribution in [2.75, 3.05) is 5.32 Å². The van der Waals surface area contributed by atoms with Crippen molar-refractivity contribution in [1.29, 1.82) is 0 Å². The molecule has 19 heavy (non-hydrogen) atoms. The van der Waals surface area contributed by atoms with E-state index in [1.54, 1.807) is 30.6 Å². The number of carbonyl (C=O) groups excluding carboxylic acids is 1. The normalized spacial score (nSPS) is 9.79. The molecule has 0 radical (unpaired) electrons. The minimum Gasteiger partial charge on any atom is -0.321 e. The summed E-state index contributed by atoms with van der Waals surface area (Å²) >= 11 is 0. The fourth-order valence-electron chi connectivity index (χ4n) is 1.64. The van der Waals surface area contributed by atoms with Crippen LogP contribution >= 0.6 is 0 Å². The third-order valence-electron chi connectivity index (χ3n) is 2.41. The van der Waals surface area contributed by atoms with Crippen molar-refractivity contribution in [3.8, 4) is 0 Å². The molecular weight excluding hydrogens is 238 g/mol. The quantitative estimate of drug-likeness (QED) is 0.852. The number of para-hydroxylation sites is 1. The molecule has 2 rings (SSSR count). The van der Waals surface area contributed by atoms with Gasteiger partial charge in [0.1, 0.15) is 0 Å². The summed E-state index contributed by atoms with van der Waals surface area (Å²) in [6, 6.07) is 10.8. The number of carbonyl (C=O) groups is 1. The lowest BCUT2D eigenvalue weighted by molar-refractivity contribution is 0.102. The van der Waals surface area contributed by atoms with Crippen molar-refractivity contribution in [3.63, 3.8) is 0 Å². The summed E-state index contributed by atoms with van der Waals surface area (Å²) in [4.78, 5) is 20.5. The standard InChI is InChI=1S/C15H15N3O/c1-11(2)17-14-8-4-3-7-13(14)15(19)18-12-6-5-9-16-10-12/h3-10H,1-2H3,(H,18,19). The third kappa shape index (κ3) is 3.48. The summed E-state index contributed by atoms with van der Waals surface area (Å²) < 4.78 is 0. The summed E-state index contributed by atoms with van der Waals surface area (Å²) in [5.74, 6) is -0.186. The van der Waals surface area contributed by atoms with Crippen molar-refractivity contribution in [2.45, 2.75) is 13.8 Å². The van der Waals surface area contributed by atoms with Crippen molar-refractivity contribution < 1.29 is 4.79 Å². The van der Waals surface area contributed by atoms with Crippen molar-refractivity contribution >= 4 is 23.0 Å². The van der Waals surface area contributed by atoms with Gasteiger partial charge in [-0.25, -0.2) is 0 Å². The maximum absolute atomic E-state index is 12.2. The number of amides is 1. The zero-order valence-corrected chi connectivity index (χ0v) is 10.9. The van der Waals surface area contributed by atoms with Gasteiger partial charge in [0.25, 0.3) is 5.91 Å². The van der Waals surface area contributed by atoms with Gasteiger partial charge < -0.3 is 5.32 Å². The highest BCUT2D eigenvalue weighted by Gasteiger charge is 2.10. The number of hydrogen-bond acceptors (Lipinski definition) is 3. The van der Waals surface area contributed by atoms with Gasteiger partial charge in [0.15, 0.2) is 0 Å². The molecule has 0 bridgehead atoms. The number of hydrogen-bond donors (Lipinski definition) is 1. The minimum absolute atomic E-state index is 0.186. The molecule has 1 aromatic heterocycles. The summed E-state index contributed by atoms with van der Waals surface area (Å²) in [7, 11) is 0. The number of nitrogens with zero attached hydrogens (tertiary/aromatic N) is 2. The topological polar surface area (TPSA) is 54.4 Å². The molecule has 1 heterocycles. The fraction of sp³-hybridized carbons (Fsp3) is 0.133. The maximum Gasteiger partial charge on any atom is 0.257 e. The largest absolute Gasteiger partial charge is 0.321 e. The predicted molar refractivity (Wildman–Crippen MR) is 77.1 cm³/mol. The van der Waals surface area contributed by atoms with Crippen LogP contribution in [-0.2, 0) is 0 Å². The molecule has 0 unspecified atom stereocenters. The lowest BCUT2D eigenvalue weighted by Crippen LogP contribution is -2.12. The van der Waals surface area contributed by atoms with E-state index in [1.165, 1.54) is 0 Å². The number of nitrogens with one attached hydrogen (secondary N) is 1. The molecule has 1 N–H and O–H groups in total. The van der Waals surface area contributed by atoms with Crippen LogP contribution in [0, 0.1) is 0 Å². The molecule has 0 fully saturated rings. The van der Waals surface area contributed by atoms with Crippen LogP contribution < -0.4 is 5.32 Å². The minimum atomic E-state index is -0.186. The maximum atomic E-state index is 12.2. The fourth-order valence-corrected chi connectivity index (χ4v) is 1.64. The van der Waals surface area contributed by atoms with E-state index in [-0.39, 0.29) is 5.91 Å². The first-order chi connectivity index (χ1) is 9.16. The van der Waals surface area contributed by atoms with Gasteiger partial charge in [-0.05, 0) is 38.1 Å². The zero-order chi connectivity index (χ0) is 13.7. The molecular formula is C15H15N3O. The monoisotopic (exact) mass is 253 g/mol. The van der Waals surface area contributed by atoms with E-state index < -0.39 is 0 Å². The van der Waals surface area contributed by atoms with Crippen molar-refractivity contribution in [2.24, 2.45) is 4.99 Å². The predicted octanol–water partition coefficient (Wildman–Crippen LogP) is 3.45. The van der Waals surface area contributed by atoms with Crippen LogP contribution in [0.3, 0.4) is 0 Å². The first-order valence-electron chi connectivity index (χ1n) is 5.99. The number of pyridine rings is 1. The second kappa shape index (κ2) is 5.91. The summed E-state index contributed by atoms with van der Waals surface area (Å²) in [5.41, 5.74) is 2.79. The Balaban J connectivity index is 2.27. The first kappa shape index (κ1) is 13.0. The van der Waals surface area contributed by atoms with E-state index in [4.69, 9.17) is 0 Å². The second-order valence-electron chi connectivity index (χ2n) is 4.27. The van der Waals surface area contributed by atoms with Crippen LogP contribution in [0.15, 0.2) is 53.8 Å². The molecule has 0 atom stereocenters. The van der Waals surface area contributed by atoms with Gasteiger partial charge in [0.05, 0.1) is 23.1 Å². The lowest BCUT2D eigenvalue weighted by Gasteiger charge is -2.07. The smallest absolute Gasteiger partial charge is 0.257 e. The van der Waals surface area contributed by atoms with E-state index in [1.807, 2.05) is 32.0 Å². The van der Waals surface area contributed by atoms with Crippen LogP contribution in [0.4, 0.5) is 11.4 Å². The van der Waals surface area contributed by atoms with Crippen LogP contribution in [0.5, 0.6) is 0 Å². The van der Waals surface area contributed by atoms with Gasteiger partial charge in [-0.3, -0.25) is 14.8 Å². The first-order valence-corrected chi connectivity index (χ1v) is 5.99. The third-order valence-corrected chi connectivity index (χ3v) is 2.41. The Morgan fingerprint density at radius 1 is 1.16 bits per heavy atom. The number of benzene rings is 1. The average molecular weight is 253 g/mol. The van der Waals surface area contributed by atoms with E-state index >= 15 is 0 Å². The van der Waals surface area contributed by atoms with E-state index in [0.717, 1.165) is 5.71 Å². The highest BCUT2D eigenvalue weighted by Crippen LogP contribution is 2.20. The Bertz CT molecular complexity index is 602. The van der Waals surface area contributed by atoms with Crippen molar-refractivity contribution in [1.82, 2.24) is 4.98 Å². The molecule has 0 aliphatic carbocycles. The van der Waals surface area contributed by atoms with Gasteiger partial charge in [-0.2, -0.15) is 0 Å². The molecule has 2 aromatic rings. The van der Waals surface area contributed by atoms with Gasteiger partial charge in [0, 0.05) is 11.9 Å². The molecule has 0 saturated carbocycles. The molecule has 96 valence electrons. The molecule has 0 saturated heterocycles. The van der Waals surface area contributed by atoms with E-state index in [9.17, 15) is 4.79 Å². The summed E-state index contributed by atoms with van der Waals surface area (Å²) in [5, 5.41) is 2.80. The molecule has 1 amide bonds. The van der Waals surface area contributed by atoms with Crippen LogP contribution in [0.25, 0.3) is 0 Å². The summed E-state index contributed by atoms with van der Waals surface area (Å²) in [6.45, 7) is 3.80. The van der Waals surface area contributed by atoms with Crippen LogP contribution in [0.1, 0.15) is 24.2 Å². The number of aromatic nitrogens is 1. The number of aliphatic imine (C=N–C) groups is 1. The number of anilines is 1. The zero-order valence-electron chi connectivity index (χ0n) is 10.9.